The summed E-state index contributed by atoms with van der Waals surface area (Å²) in [4.78, 5) is 25.7. The van der Waals surface area contributed by atoms with Crippen LogP contribution in [0.15, 0.2) is 35.8 Å². The molecule has 0 unspecified atom stereocenters. The first kappa shape index (κ1) is 18.1. The van der Waals surface area contributed by atoms with E-state index in [1.807, 2.05) is 25.1 Å². The highest BCUT2D eigenvalue weighted by Crippen LogP contribution is 2.29. The van der Waals surface area contributed by atoms with Crippen LogP contribution >= 0.6 is 22.7 Å². The van der Waals surface area contributed by atoms with Gasteiger partial charge in [0.15, 0.2) is 0 Å². The highest BCUT2D eigenvalue weighted by Gasteiger charge is 2.14. The molecule has 1 N–H and O–H groups in total. The molecular weight excluding hydrogens is 380 g/mol. The number of carbonyl (C=O) groups excluding carboxylic acids is 1. The summed E-state index contributed by atoms with van der Waals surface area (Å²) in [6.45, 7) is 5.57. The van der Waals surface area contributed by atoms with Crippen LogP contribution in [0.4, 0.5) is 5.69 Å². The lowest BCUT2D eigenvalue weighted by Gasteiger charge is -2.28. The first-order valence-corrected chi connectivity index (χ1v) is 10.5. The number of thiophene rings is 1. The Balaban J connectivity index is 1.39. The van der Waals surface area contributed by atoms with Gasteiger partial charge in [0.1, 0.15) is 5.69 Å². The number of nitrogens with zero attached hydrogens (tertiary/aromatic N) is 3. The maximum Gasteiger partial charge on any atom is 0.270 e. The lowest BCUT2D eigenvalue weighted by Crippen LogP contribution is -2.36. The topological polar surface area (TPSA) is 67.4 Å². The van der Waals surface area contributed by atoms with Crippen molar-refractivity contribution in [3.05, 3.63) is 51.4 Å². The Bertz CT molecular complexity index is 931. The summed E-state index contributed by atoms with van der Waals surface area (Å²) in [5.74, 6) is -0.162. The minimum absolute atomic E-state index is 0.162. The molecule has 27 heavy (non-hydrogen) atoms. The van der Waals surface area contributed by atoms with E-state index in [1.165, 1.54) is 0 Å². The number of amides is 1. The van der Waals surface area contributed by atoms with E-state index in [1.54, 1.807) is 28.9 Å². The maximum atomic E-state index is 12.5. The number of hydrogen-bond acceptors (Lipinski definition) is 7. The zero-order valence-corrected chi connectivity index (χ0v) is 16.6. The number of ether oxygens (including phenoxy) is 1. The van der Waals surface area contributed by atoms with Gasteiger partial charge >= 0.3 is 0 Å². The van der Waals surface area contributed by atoms with Gasteiger partial charge in [-0.05, 0) is 31.2 Å². The van der Waals surface area contributed by atoms with Gasteiger partial charge in [0.2, 0.25) is 0 Å². The van der Waals surface area contributed by atoms with E-state index in [4.69, 9.17) is 4.74 Å². The fraction of sp³-hybridized carbons (Fsp3) is 0.316. The molecule has 0 saturated carbocycles. The normalized spacial score (nSPS) is 14.3. The quantitative estimate of drug-likeness (QED) is 0.711. The average molecular weight is 401 g/mol. The lowest BCUT2D eigenvalue weighted by atomic mass is 10.2. The number of anilines is 1. The van der Waals surface area contributed by atoms with Crippen LogP contribution in [0.1, 0.15) is 20.4 Å². The van der Waals surface area contributed by atoms with Crippen molar-refractivity contribution in [1.29, 1.82) is 0 Å². The molecule has 3 aromatic heterocycles. The molecule has 0 atom stereocenters. The van der Waals surface area contributed by atoms with Gasteiger partial charge in [0.05, 0.1) is 35.3 Å². The van der Waals surface area contributed by atoms with Gasteiger partial charge in [-0.1, -0.05) is 0 Å². The molecule has 8 heteroatoms. The van der Waals surface area contributed by atoms with Crippen molar-refractivity contribution in [2.24, 2.45) is 0 Å². The predicted molar refractivity (Wildman–Crippen MR) is 109 cm³/mol. The first-order valence-electron chi connectivity index (χ1n) is 8.77. The highest BCUT2D eigenvalue weighted by molar-refractivity contribution is 7.16. The fourth-order valence-electron chi connectivity index (χ4n) is 2.91. The Kier molecular flexibility index (Phi) is 5.47. The number of carbonyl (C=O) groups is 1. The first-order chi connectivity index (χ1) is 13.2. The smallest absolute Gasteiger partial charge is 0.270 e. The van der Waals surface area contributed by atoms with Crippen LogP contribution in [0.25, 0.3) is 10.6 Å². The summed E-state index contributed by atoms with van der Waals surface area (Å²) in [5.41, 5.74) is 2.45. The van der Waals surface area contributed by atoms with Gasteiger partial charge in [-0.2, -0.15) is 0 Å². The van der Waals surface area contributed by atoms with Crippen molar-refractivity contribution in [3.63, 3.8) is 0 Å². The number of aryl methyl sites for hydroxylation is 1. The predicted octanol–water partition coefficient (Wildman–Crippen LogP) is 3.34. The van der Waals surface area contributed by atoms with Crippen molar-refractivity contribution in [2.45, 2.75) is 13.5 Å². The second kappa shape index (κ2) is 8.16. The fourth-order valence-corrected chi connectivity index (χ4v) is 4.50. The number of aromatic nitrogens is 2. The summed E-state index contributed by atoms with van der Waals surface area (Å²) in [5, 5.41) is 6.08. The van der Waals surface area contributed by atoms with Gasteiger partial charge in [-0.3, -0.25) is 9.78 Å². The van der Waals surface area contributed by atoms with E-state index in [2.05, 4.69) is 31.6 Å². The number of thiazole rings is 1. The molecule has 0 bridgehead atoms. The molecule has 0 aliphatic carbocycles. The molecule has 1 aliphatic rings. The van der Waals surface area contributed by atoms with Crippen LogP contribution in [0.3, 0.4) is 0 Å². The monoisotopic (exact) mass is 400 g/mol. The molecule has 0 spiro atoms. The molecule has 1 saturated heterocycles. The Hall–Kier alpha value is -2.29. The molecule has 140 valence electrons. The molecule has 0 radical (unpaired) electrons. The van der Waals surface area contributed by atoms with Crippen LogP contribution in [0, 0.1) is 6.92 Å². The molecule has 3 aromatic rings. The van der Waals surface area contributed by atoms with Gasteiger partial charge in [-0.25, -0.2) is 4.98 Å². The molecule has 4 rings (SSSR count). The number of hydrogen-bond donors (Lipinski definition) is 1. The van der Waals surface area contributed by atoms with E-state index >= 15 is 0 Å². The largest absolute Gasteiger partial charge is 0.378 e. The molecule has 6 nitrogen and oxygen atoms in total. The second-order valence-electron chi connectivity index (χ2n) is 6.20. The Labute approximate surface area is 165 Å². The summed E-state index contributed by atoms with van der Waals surface area (Å²) in [6.07, 6.45) is 1.69. The molecule has 0 aromatic carbocycles. The molecule has 4 heterocycles. The minimum atomic E-state index is -0.162. The van der Waals surface area contributed by atoms with Gasteiger partial charge in [0, 0.05) is 35.2 Å². The highest BCUT2D eigenvalue weighted by atomic mass is 32.1. The van der Waals surface area contributed by atoms with Gasteiger partial charge < -0.3 is 15.0 Å². The van der Waals surface area contributed by atoms with Crippen molar-refractivity contribution >= 4 is 34.3 Å². The lowest BCUT2D eigenvalue weighted by molar-refractivity contribution is 0.0946. The number of pyridine rings is 1. The van der Waals surface area contributed by atoms with Crippen molar-refractivity contribution in [3.8, 4) is 10.6 Å². The third kappa shape index (κ3) is 4.35. The van der Waals surface area contributed by atoms with Crippen molar-refractivity contribution < 1.29 is 9.53 Å². The number of morpholine rings is 1. The maximum absolute atomic E-state index is 12.5. The molecule has 1 fully saturated rings. The minimum Gasteiger partial charge on any atom is -0.378 e. The van der Waals surface area contributed by atoms with Crippen molar-refractivity contribution in [1.82, 2.24) is 15.3 Å². The van der Waals surface area contributed by atoms with Gasteiger partial charge in [0.25, 0.3) is 5.91 Å². The molecule has 1 amide bonds. The third-order valence-corrected chi connectivity index (χ3v) is 6.19. The Morgan fingerprint density at radius 3 is 2.93 bits per heavy atom. The Morgan fingerprint density at radius 1 is 1.30 bits per heavy atom. The summed E-state index contributed by atoms with van der Waals surface area (Å²) in [6, 6.07) is 7.87. The standard InChI is InChI=1S/C19H20N4O2S2/c1-13-22-17(12-26-13)18-3-2-15(27-18)11-21-19(24)16-10-14(4-5-20-16)23-6-8-25-9-7-23/h2-5,10,12H,6-9,11H2,1H3,(H,21,24). The van der Waals surface area contributed by atoms with Crippen molar-refractivity contribution in [2.75, 3.05) is 31.2 Å². The van der Waals surface area contributed by atoms with Crippen LogP contribution in [-0.4, -0.2) is 42.2 Å². The molecule has 1 aliphatic heterocycles. The third-order valence-electron chi connectivity index (χ3n) is 4.31. The van der Waals surface area contributed by atoms with Crippen LogP contribution in [0.5, 0.6) is 0 Å². The van der Waals surface area contributed by atoms with E-state index in [-0.39, 0.29) is 5.91 Å². The van der Waals surface area contributed by atoms with Crippen LogP contribution in [0.2, 0.25) is 0 Å². The second-order valence-corrected chi connectivity index (χ2v) is 8.43. The van der Waals surface area contributed by atoms with E-state index in [9.17, 15) is 4.79 Å². The number of rotatable bonds is 5. The summed E-state index contributed by atoms with van der Waals surface area (Å²) < 4.78 is 5.38. The average Bonchev–Trinajstić information content (AvgIpc) is 3.36. The Morgan fingerprint density at radius 2 is 2.15 bits per heavy atom. The number of nitrogens with one attached hydrogen (secondary N) is 1. The SMILES string of the molecule is Cc1nc(-c2ccc(CNC(=O)c3cc(N4CCOCC4)ccn3)s2)cs1. The zero-order chi connectivity index (χ0) is 18.6. The summed E-state index contributed by atoms with van der Waals surface area (Å²) in [7, 11) is 0. The zero-order valence-electron chi connectivity index (χ0n) is 15.0. The summed E-state index contributed by atoms with van der Waals surface area (Å²) >= 11 is 3.29. The van der Waals surface area contributed by atoms with E-state index in [0.717, 1.165) is 39.2 Å². The van der Waals surface area contributed by atoms with Gasteiger partial charge in [-0.15, -0.1) is 22.7 Å². The van der Waals surface area contributed by atoms with Crippen LogP contribution in [-0.2, 0) is 11.3 Å². The van der Waals surface area contributed by atoms with Crippen LogP contribution < -0.4 is 10.2 Å². The molecular formula is C19H20N4O2S2. The van der Waals surface area contributed by atoms with E-state index < -0.39 is 0 Å². The van der Waals surface area contributed by atoms with E-state index in [0.29, 0.717) is 25.5 Å².